The van der Waals surface area contributed by atoms with Crippen molar-refractivity contribution >= 4 is 24.7 Å². The van der Waals surface area contributed by atoms with E-state index in [-0.39, 0.29) is 42.1 Å². The SMILES string of the molecule is CC(=O)CCC(=O)C[C@H]1Cc2cccc(C(=O)O)c2OB1O. The van der Waals surface area contributed by atoms with Crippen molar-refractivity contribution in [1.29, 1.82) is 0 Å². The number of fused-ring (bicyclic) bond motifs is 1. The number of Topliss-reactive ketones (excluding diaryl/α,β-unsaturated/α-hetero) is 2. The van der Waals surface area contributed by atoms with Gasteiger partial charge in [0.05, 0.1) is 5.56 Å². The highest BCUT2D eigenvalue weighted by Crippen LogP contribution is 2.36. The van der Waals surface area contributed by atoms with E-state index >= 15 is 0 Å². The van der Waals surface area contributed by atoms with E-state index in [1.165, 1.54) is 13.0 Å². The molecule has 1 atom stereocenters. The number of carboxylic acid groups (broad SMARTS) is 1. The first-order valence-electron chi connectivity index (χ1n) is 7.09. The maximum atomic E-state index is 11.8. The lowest BCUT2D eigenvalue weighted by Gasteiger charge is -2.28. The first-order chi connectivity index (χ1) is 10.4. The van der Waals surface area contributed by atoms with Crippen LogP contribution in [0.2, 0.25) is 5.82 Å². The fourth-order valence-corrected chi connectivity index (χ4v) is 2.54. The predicted octanol–water partition coefficient (Wildman–Crippen LogP) is 1.50. The normalized spacial score (nSPS) is 16.6. The lowest BCUT2D eigenvalue weighted by molar-refractivity contribution is -0.123. The van der Waals surface area contributed by atoms with E-state index in [4.69, 9.17) is 9.76 Å². The molecule has 0 unspecified atom stereocenters. The molecule has 1 aromatic rings. The van der Waals surface area contributed by atoms with Gasteiger partial charge in [0, 0.05) is 25.1 Å². The molecule has 1 aromatic carbocycles. The van der Waals surface area contributed by atoms with Gasteiger partial charge in [-0.05, 0) is 25.0 Å². The fraction of sp³-hybridized carbons (Fsp3) is 0.400. The third kappa shape index (κ3) is 3.73. The van der Waals surface area contributed by atoms with E-state index < -0.39 is 18.9 Å². The molecule has 116 valence electrons. The first kappa shape index (κ1) is 16.2. The zero-order chi connectivity index (χ0) is 16.3. The van der Waals surface area contributed by atoms with Gasteiger partial charge < -0.3 is 19.6 Å². The van der Waals surface area contributed by atoms with Crippen molar-refractivity contribution in [3.8, 4) is 5.75 Å². The van der Waals surface area contributed by atoms with Crippen LogP contribution in [0.25, 0.3) is 0 Å². The Morgan fingerprint density at radius 2 is 2.05 bits per heavy atom. The number of benzene rings is 1. The summed E-state index contributed by atoms with van der Waals surface area (Å²) in [5.41, 5.74) is 0.660. The van der Waals surface area contributed by atoms with Crippen molar-refractivity contribution in [1.82, 2.24) is 0 Å². The van der Waals surface area contributed by atoms with Crippen LogP contribution < -0.4 is 4.65 Å². The summed E-state index contributed by atoms with van der Waals surface area (Å²) in [5, 5.41) is 19.1. The molecule has 2 rings (SSSR count). The molecule has 22 heavy (non-hydrogen) atoms. The second-order valence-electron chi connectivity index (χ2n) is 5.52. The average Bonchev–Trinajstić information content (AvgIpc) is 2.45. The van der Waals surface area contributed by atoms with Crippen LogP contribution in [0.3, 0.4) is 0 Å². The number of aromatic carboxylic acids is 1. The van der Waals surface area contributed by atoms with E-state index in [2.05, 4.69) is 0 Å². The Labute approximate surface area is 128 Å². The topological polar surface area (TPSA) is 101 Å². The zero-order valence-corrected chi connectivity index (χ0v) is 12.2. The Balaban J connectivity index is 2.09. The summed E-state index contributed by atoms with van der Waals surface area (Å²) < 4.78 is 5.32. The van der Waals surface area contributed by atoms with E-state index in [1.54, 1.807) is 12.1 Å². The van der Waals surface area contributed by atoms with Crippen LogP contribution in [0, 0.1) is 0 Å². The quantitative estimate of drug-likeness (QED) is 0.772. The predicted molar refractivity (Wildman–Crippen MR) is 79.0 cm³/mol. The number of carboxylic acids is 1. The number of carbonyl (C=O) groups excluding carboxylic acids is 2. The summed E-state index contributed by atoms with van der Waals surface area (Å²) in [6, 6.07) is 4.74. The van der Waals surface area contributed by atoms with Gasteiger partial charge in [-0.2, -0.15) is 0 Å². The highest BCUT2D eigenvalue weighted by molar-refractivity contribution is 6.47. The molecule has 0 fully saturated rings. The molecular weight excluding hydrogens is 287 g/mol. The Morgan fingerprint density at radius 3 is 2.68 bits per heavy atom. The van der Waals surface area contributed by atoms with Crippen LogP contribution in [0.5, 0.6) is 5.75 Å². The van der Waals surface area contributed by atoms with Crippen molar-refractivity contribution < 1.29 is 29.2 Å². The van der Waals surface area contributed by atoms with Crippen LogP contribution in [-0.4, -0.2) is 34.8 Å². The van der Waals surface area contributed by atoms with Crippen LogP contribution in [0.4, 0.5) is 0 Å². The van der Waals surface area contributed by atoms with Gasteiger partial charge >= 0.3 is 13.1 Å². The fourth-order valence-electron chi connectivity index (χ4n) is 2.54. The Hall–Kier alpha value is -2.15. The summed E-state index contributed by atoms with van der Waals surface area (Å²) in [5.74, 6) is -1.56. The van der Waals surface area contributed by atoms with Gasteiger partial charge in [-0.1, -0.05) is 12.1 Å². The average molecular weight is 304 g/mol. The second-order valence-corrected chi connectivity index (χ2v) is 5.52. The summed E-state index contributed by atoms with van der Waals surface area (Å²) >= 11 is 0. The maximum Gasteiger partial charge on any atom is 0.526 e. The molecule has 0 bridgehead atoms. The Morgan fingerprint density at radius 1 is 1.32 bits per heavy atom. The Kier molecular flexibility index (Phi) is 4.97. The summed E-state index contributed by atoms with van der Waals surface area (Å²) in [4.78, 5) is 33.9. The number of hydrogen-bond donors (Lipinski definition) is 2. The standard InChI is InChI=1S/C15H17BO6/c1-9(17)5-6-12(18)8-11-7-10-3-2-4-13(15(19)20)14(10)22-16(11)21/h2-4,11,21H,5-8H2,1H3,(H,19,20)/t11-/m1/s1. The number of carbonyl (C=O) groups is 3. The largest absolute Gasteiger partial charge is 0.535 e. The smallest absolute Gasteiger partial charge is 0.526 e. The van der Waals surface area contributed by atoms with Gasteiger partial charge in [0.25, 0.3) is 0 Å². The molecule has 1 aliphatic rings. The van der Waals surface area contributed by atoms with Crippen LogP contribution in [0.1, 0.15) is 42.1 Å². The molecule has 2 N–H and O–H groups in total. The van der Waals surface area contributed by atoms with E-state index in [1.807, 2.05) is 0 Å². The minimum absolute atomic E-state index is 0.00194. The number of rotatable bonds is 6. The third-order valence-corrected chi connectivity index (χ3v) is 3.70. The summed E-state index contributed by atoms with van der Waals surface area (Å²) in [7, 11) is -1.23. The molecule has 1 heterocycles. The van der Waals surface area contributed by atoms with Crippen LogP contribution in [0.15, 0.2) is 18.2 Å². The molecule has 0 radical (unpaired) electrons. The molecule has 6 nitrogen and oxygen atoms in total. The van der Waals surface area contributed by atoms with E-state index in [9.17, 15) is 19.4 Å². The minimum Gasteiger partial charge on any atom is -0.535 e. The third-order valence-electron chi connectivity index (χ3n) is 3.70. The van der Waals surface area contributed by atoms with Crippen molar-refractivity contribution in [3.05, 3.63) is 29.3 Å². The van der Waals surface area contributed by atoms with Gasteiger partial charge in [-0.25, -0.2) is 4.79 Å². The van der Waals surface area contributed by atoms with Gasteiger partial charge in [-0.15, -0.1) is 0 Å². The molecule has 0 aromatic heterocycles. The molecule has 1 aliphatic heterocycles. The number of ketones is 2. The highest BCUT2D eigenvalue weighted by atomic mass is 16.5. The van der Waals surface area contributed by atoms with Gasteiger partial charge in [0.15, 0.2) is 0 Å². The van der Waals surface area contributed by atoms with Crippen molar-refractivity contribution in [2.45, 2.75) is 38.4 Å². The molecule has 7 heteroatoms. The van der Waals surface area contributed by atoms with Gasteiger partial charge in [0.2, 0.25) is 0 Å². The maximum absolute atomic E-state index is 11.8. The van der Waals surface area contributed by atoms with Crippen molar-refractivity contribution in [3.63, 3.8) is 0 Å². The monoisotopic (exact) mass is 304 g/mol. The molecule has 0 saturated heterocycles. The van der Waals surface area contributed by atoms with Crippen LogP contribution >= 0.6 is 0 Å². The number of para-hydroxylation sites is 1. The van der Waals surface area contributed by atoms with E-state index in [0.29, 0.717) is 12.0 Å². The van der Waals surface area contributed by atoms with E-state index in [0.717, 1.165) is 0 Å². The molecule has 0 aliphatic carbocycles. The second kappa shape index (κ2) is 6.74. The zero-order valence-electron chi connectivity index (χ0n) is 12.2. The first-order valence-corrected chi connectivity index (χ1v) is 7.09. The summed E-state index contributed by atoms with van der Waals surface area (Å²) in [6.45, 7) is 1.43. The highest BCUT2D eigenvalue weighted by Gasteiger charge is 2.37. The van der Waals surface area contributed by atoms with Gasteiger partial charge in [-0.3, -0.25) is 4.79 Å². The van der Waals surface area contributed by atoms with Gasteiger partial charge in [0.1, 0.15) is 17.3 Å². The summed E-state index contributed by atoms with van der Waals surface area (Å²) in [6.07, 6.45) is 0.817. The molecule has 0 saturated carbocycles. The Bertz CT molecular complexity index is 612. The molecule has 0 spiro atoms. The lowest BCUT2D eigenvalue weighted by atomic mass is 9.64. The minimum atomic E-state index is -1.23. The molecule has 0 amide bonds. The lowest BCUT2D eigenvalue weighted by Crippen LogP contribution is -2.35. The molecular formula is C15H17BO6. The van der Waals surface area contributed by atoms with Crippen molar-refractivity contribution in [2.24, 2.45) is 0 Å². The van der Waals surface area contributed by atoms with Crippen molar-refractivity contribution in [2.75, 3.05) is 0 Å². The number of hydrogen-bond acceptors (Lipinski definition) is 5. The van der Waals surface area contributed by atoms with Crippen LogP contribution in [-0.2, 0) is 16.0 Å².